The molecular formula is C16H13ClN2O3S2. The van der Waals surface area contributed by atoms with Crippen LogP contribution in [0.3, 0.4) is 0 Å². The molecule has 0 aliphatic rings. The van der Waals surface area contributed by atoms with Crippen LogP contribution in [0.4, 0.5) is 0 Å². The molecule has 2 heterocycles. The van der Waals surface area contributed by atoms with Crippen molar-refractivity contribution in [3.05, 3.63) is 55.9 Å². The van der Waals surface area contributed by atoms with Gasteiger partial charge >= 0.3 is 5.97 Å². The molecular weight excluding hydrogens is 368 g/mol. The van der Waals surface area contributed by atoms with E-state index in [0.29, 0.717) is 37.3 Å². The van der Waals surface area contributed by atoms with E-state index in [1.807, 2.05) is 24.3 Å². The zero-order valence-corrected chi connectivity index (χ0v) is 15.3. The largest absolute Gasteiger partial charge is 0.465 e. The minimum absolute atomic E-state index is 0.251. The van der Waals surface area contributed by atoms with Crippen molar-refractivity contribution < 1.29 is 9.53 Å². The number of carbonyl (C=O) groups excluding carboxylic acids is 1. The first-order valence-corrected chi connectivity index (χ1v) is 9.17. The molecule has 24 heavy (non-hydrogen) atoms. The third kappa shape index (κ3) is 3.19. The average Bonchev–Trinajstić information content (AvgIpc) is 2.90. The first-order chi connectivity index (χ1) is 11.5. The van der Waals surface area contributed by atoms with E-state index >= 15 is 0 Å². The molecule has 0 saturated carbocycles. The van der Waals surface area contributed by atoms with Crippen molar-refractivity contribution in [3.8, 4) is 0 Å². The molecule has 124 valence electrons. The molecule has 1 aromatic carbocycles. The van der Waals surface area contributed by atoms with Crippen LogP contribution >= 0.6 is 34.7 Å². The van der Waals surface area contributed by atoms with Crippen LogP contribution in [0.1, 0.15) is 21.1 Å². The molecule has 0 unspecified atom stereocenters. The number of fused-ring (bicyclic) bond motifs is 1. The third-order valence-corrected chi connectivity index (χ3v) is 6.11. The summed E-state index contributed by atoms with van der Waals surface area (Å²) in [5, 5.41) is 1.10. The number of rotatable bonds is 4. The Labute approximate surface area is 151 Å². The fraction of sp³-hybridized carbons (Fsp3) is 0.188. The zero-order chi connectivity index (χ0) is 17.3. The van der Waals surface area contributed by atoms with Crippen LogP contribution in [-0.4, -0.2) is 23.0 Å². The summed E-state index contributed by atoms with van der Waals surface area (Å²) < 4.78 is 4.75. The molecule has 2 aromatic heterocycles. The SMILES string of the molecule is COC(=O)c1sc2nc(CSc3ccccc3Cl)[nH]c(=O)c2c1C. The number of nitrogens with one attached hydrogen (secondary N) is 1. The molecule has 1 N–H and O–H groups in total. The Morgan fingerprint density at radius 3 is 2.88 bits per heavy atom. The summed E-state index contributed by atoms with van der Waals surface area (Å²) >= 11 is 8.79. The number of esters is 1. The average molecular weight is 381 g/mol. The van der Waals surface area contributed by atoms with Gasteiger partial charge in [-0.15, -0.1) is 23.1 Å². The van der Waals surface area contributed by atoms with Gasteiger partial charge in [-0.3, -0.25) is 4.79 Å². The number of aryl methyl sites for hydroxylation is 1. The van der Waals surface area contributed by atoms with Crippen LogP contribution in [0, 0.1) is 6.92 Å². The highest BCUT2D eigenvalue weighted by Gasteiger charge is 2.19. The van der Waals surface area contributed by atoms with E-state index in [1.165, 1.54) is 30.2 Å². The Bertz CT molecular complexity index is 981. The van der Waals surface area contributed by atoms with Crippen molar-refractivity contribution >= 4 is 50.9 Å². The highest BCUT2D eigenvalue weighted by atomic mass is 35.5. The van der Waals surface area contributed by atoms with Gasteiger partial charge in [0.2, 0.25) is 0 Å². The van der Waals surface area contributed by atoms with Crippen molar-refractivity contribution in [1.29, 1.82) is 0 Å². The monoisotopic (exact) mass is 380 g/mol. The molecule has 3 aromatic rings. The van der Waals surface area contributed by atoms with Gasteiger partial charge in [-0.25, -0.2) is 9.78 Å². The van der Waals surface area contributed by atoms with E-state index in [1.54, 1.807) is 6.92 Å². The van der Waals surface area contributed by atoms with Crippen LogP contribution in [0.15, 0.2) is 34.0 Å². The molecule has 0 atom stereocenters. The molecule has 0 bridgehead atoms. The van der Waals surface area contributed by atoms with Gasteiger partial charge in [0.1, 0.15) is 15.5 Å². The Morgan fingerprint density at radius 1 is 1.42 bits per heavy atom. The molecule has 0 aliphatic heterocycles. The van der Waals surface area contributed by atoms with E-state index in [4.69, 9.17) is 16.3 Å². The molecule has 0 amide bonds. The van der Waals surface area contributed by atoms with Crippen molar-refractivity contribution in [2.45, 2.75) is 17.6 Å². The van der Waals surface area contributed by atoms with Gasteiger partial charge < -0.3 is 9.72 Å². The number of halogens is 1. The number of thioether (sulfide) groups is 1. The smallest absolute Gasteiger partial charge is 0.348 e. The Kier molecular flexibility index (Phi) is 4.93. The second-order valence-electron chi connectivity index (χ2n) is 4.96. The number of hydrogen-bond donors (Lipinski definition) is 1. The molecule has 0 aliphatic carbocycles. The molecule has 5 nitrogen and oxygen atoms in total. The highest BCUT2D eigenvalue weighted by Crippen LogP contribution is 2.30. The van der Waals surface area contributed by atoms with E-state index < -0.39 is 5.97 Å². The molecule has 0 spiro atoms. The molecule has 8 heteroatoms. The van der Waals surface area contributed by atoms with E-state index in [9.17, 15) is 9.59 Å². The molecule has 0 saturated heterocycles. The number of methoxy groups -OCH3 is 1. The Morgan fingerprint density at radius 2 is 2.17 bits per heavy atom. The molecule has 3 rings (SSSR count). The number of aromatic nitrogens is 2. The van der Waals surface area contributed by atoms with E-state index in [0.717, 1.165) is 4.90 Å². The normalized spacial score (nSPS) is 11.0. The summed E-state index contributed by atoms with van der Waals surface area (Å²) in [5.74, 6) is 0.552. The maximum Gasteiger partial charge on any atom is 0.348 e. The van der Waals surface area contributed by atoms with Gasteiger partial charge in [-0.2, -0.15) is 0 Å². The van der Waals surface area contributed by atoms with Crippen molar-refractivity contribution in [1.82, 2.24) is 9.97 Å². The van der Waals surface area contributed by atoms with Crippen molar-refractivity contribution in [2.75, 3.05) is 7.11 Å². The van der Waals surface area contributed by atoms with Gasteiger partial charge in [0.25, 0.3) is 5.56 Å². The number of benzene rings is 1. The summed E-state index contributed by atoms with van der Waals surface area (Å²) in [6.07, 6.45) is 0. The zero-order valence-electron chi connectivity index (χ0n) is 12.9. The fourth-order valence-electron chi connectivity index (χ4n) is 2.25. The Balaban J connectivity index is 1.95. The molecule has 0 fully saturated rings. The van der Waals surface area contributed by atoms with Gasteiger partial charge in [-0.05, 0) is 24.6 Å². The van der Waals surface area contributed by atoms with Gasteiger partial charge in [0.05, 0.1) is 23.3 Å². The fourth-order valence-corrected chi connectivity index (χ4v) is 4.48. The summed E-state index contributed by atoms with van der Waals surface area (Å²) in [6, 6.07) is 7.49. The summed E-state index contributed by atoms with van der Waals surface area (Å²) in [7, 11) is 1.31. The van der Waals surface area contributed by atoms with Crippen LogP contribution in [-0.2, 0) is 10.5 Å². The number of H-pyrrole nitrogens is 1. The predicted molar refractivity (Wildman–Crippen MR) is 97.3 cm³/mol. The quantitative estimate of drug-likeness (QED) is 0.546. The number of hydrogen-bond acceptors (Lipinski definition) is 6. The summed E-state index contributed by atoms with van der Waals surface area (Å²) in [5.41, 5.74) is 0.347. The number of aromatic amines is 1. The van der Waals surface area contributed by atoms with Gasteiger partial charge in [0.15, 0.2) is 0 Å². The lowest BCUT2D eigenvalue weighted by Crippen LogP contribution is -2.11. The van der Waals surface area contributed by atoms with Crippen molar-refractivity contribution in [3.63, 3.8) is 0 Å². The summed E-state index contributed by atoms with van der Waals surface area (Å²) in [4.78, 5) is 33.2. The van der Waals surface area contributed by atoms with Crippen LogP contribution < -0.4 is 5.56 Å². The molecule has 0 radical (unpaired) electrons. The number of carbonyl (C=O) groups is 1. The standard InChI is InChI=1S/C16H13ClN2O3S2/c1-8-12-14(20)18-11(7-23-10-6-4-3-5-9(10)17)19-15(12)24-13(8)16(21)22-2/h3-6H,7H2,1-2H3,(H,18,19,20). The van der Waals surface area contributed by atoms with Crippen molar-refractivity contribution in [2.24, 2.45) is 0 Å². The predicted octanol–water partition coefficient (Wildman–Crippen LogP) is 4.03. The minimum atomic E-state index is -0.457. The third-order valence-electron chi connectivity index (χ3n) is 3.42. The maximum absolute atomic E-state index is 12.3. The summed E-state index contributed by atoms with van der Waals surface area (Å²) in [6.45, 7) is 1.72. The first kappa shape index (κ1) is 17.0. The maximum atomic E-state index is 12.3. The highest BCUT2D eigenvalue weighted by molar-refractivity contribution is 7.98. The van der Waals surface area contributed by atoms with Crippen LogP contribution in [0.5, 0.6) is 0 Å². The minimum Gasteiger partial charge on any atom is -0.465 e. The Hall–Kier alpha value is -1.83. The topological polar surface area (TPSA) is 72.0 Å². The number of ether oxygens (including phenoxy) is 1. The lowest BCUT2D eigenvalue weighted by Gasteiger charge is -2.03. The van der Waals surface area contributed by atoms with Crippen LogP contribution in [0.2, 0.25) is 5.02 Å². The second kappa shape index (κ2) is 6.96. The number of thiophene rings is 1. The van der Waals surface area contributed by atoms with E-state index in [2.05, 4.69) is 9.97 Å². The first-order valence-electron chi connectivity index (χ1n) is 6.99. The lowest BCUT2D eigenvalue weighted by molar-refractivity contribution is 0.0605. The second-order valence-corrected chi connectivity index (χ2v) is 7.38. The van der Waals surface area contributed by atoms with E-state index in [-0.39, 0.29) is 5.56 Å². The van der Waals surface area contributed by atoms with Gasteiger partial charge in [-0.1, -0.05) is 23.7 Å². The lowest BCUT2D eigenvalue weighted by atomic mass is 10.2. The van der Waals surface area contributed by atoms with Gasteiger partial charge in [0, 0.05) is 4.90 Å². The number of nitrogens with zero attached hydrogens (tertiary/aromatic N) is 1. The van der Waals surface area contributed by atoms with Crippen LogP contribution in [0.25, 0.3) is 10.2 Å².